The molecule has 0 aliphatic heterocycles. The van der Waals surface area contributed by atoms with Gasteiger partial charge in [0.2, 0.25) is 0 Å². The third kappa shape index (κ3) is 2.84. The largest absolute Gasteiger partial charge is 0.472 e. The van der Waals surface area contributed by atoms with Gasteiger partial charge in [0.05, 0.1) is 25.2 Å². The van der Waals surface area contributed by atoms with Gasteiger partial charge in [-0.1, -0.05) is 24.3 Å². The molecule has 1 aromatic heterocycles. The summed E-state index contributed by atoms with van der Waals surface area (Å²) in [6.07, 6.45) is 7.18. The van der Waals surface area contributed by atoms with Crippen molar-refractivity contribution < 1.29 is 13.9 Å². The monoisotopic (exact) mass is 228 g/mol. The lowest BCUT2D eigenvalue weighted by Gasteiger charge is -1.99. The lowest BCUT2D eigenvalue weighted by atomic mass is 10.1. The normalized spacial score (nSPS) is 10.6. The number of rotatable bonds is 3. The smallest absolute Gasteiger partial charge is 0.337 e. The number of esters is 1. The van der Waals surface area contributed by atoms with Crippen molar-refractivity contribution in [1.29, 1.82) is 0 Å². The fraction of sp³-hybridized carbons (Fsp3) is 0.0714. The van der Waals surface area contributed by atoms with E-state index >= 15 is 0 Å². The second-order valence-electron chi connectivity index (χ2n) is 3.50. The molecule has 0 N–H and O–H groups in total. The van der Waals surface area contributed by atoms with E-state index in [0.717, 1.165) is 11.1 Å². The first-order valence-corrected chi connectivity index (χ1v) is 5.18. The van der Waals surface area contributed by atoms with E-state index in [4.69, 9.17) is 4.42 Å². The van der Waals surface area contributed by atoms with Crippen LogP contribution in [0, 0.1) is 0 Å². The van der Waals surface area contributed by atoms with Crippen LogP contribution in [0.2, 0.25) is 0 Å². The Balaban J connectivity index is 2.11. The molecule has 1 aromatic carbocycles. The highest BCUT2D eigenvalue weighted by molar-refractivity contribution is 5.89. The first-order chi connectivity index (χ1) is 8.29. The molecule has 0 unspecified atom stereocenters. The predicted molar refractivity (Wildman–Crippen MR) is 65.4 cm³/mol. The van der Waals surface area contributed by atoms with Crippen LogP contribution in [0.15, 0.2) is 47.3 Å². The Bertz CT molecular complexity index is 507. The second-order valence-corrected chi connectivity index (χ2v) is 3.50. The number of ether oxygens (including phenoxy) is 1. The first kappa shape index (κ1) is 11.2. The fourth-order valence-corrected chi connectivity index (χ4v) is 1.41. The van der Waals surface area contributed by atoms with Crippen molar-refractivity contribution in [2.75, 3.05) is 7.11 Å². The van der Waals surface area contributed by atoms with Crippen molar-refractivity contribution in [2.45, 2.75) is 0 Å². The molecule has 1 heterocycles. The zero-order valence-corrected chi connectivity index (χ0v) is 9.42. The summed E-state index contributed by atoms with van der Waals surface area (Å²) in [5.74, 6) is -0.324. The number of methoxy groups -OCH3 is 1. The van der Waals surface area contributed by atoms with E-state index in [1.807, 2.05) is 30.4 Å². The van der Waals surface area contributed by atoms with Crippen LogP contribution in [0.1, 0.15) is 21.5 Å². The van der Waals surface area contributed by atoms with Gasteiger partial charge in [0, 0.05) is 5.56 Å². The lowest BCUT2D eigenvalue weighted by Crippen LogP contribution is -2.00. The maximum absolute atomic E-state index is 11.2. The minimum atomic E-state index is -0.324. The standard InChI is InChI=1S/C14H12O3/c1-16-14(15)13-6-4-11(5-7-13)2-3-12-8-9-17-10-12/h2-10H,1H3/b3-2+. The van der Waals surface area contributed by atoms with E-state index in [1.54, 1.807) is 24.7 Å². The molecule has 86 valence electrons. The van der Waals surface area contributed by atoms with Crippen molar-refractivity contribution in [3.63, 3.8) is 0 Å². The van der Waals surface area contributed by atoms with Crippen LogP contribution in [0.5, 0.6) is 0 Å². The van der Waals surface area contributed by atoms with Crippen LogP contribution < -0.4 is 0 Å². The van der Waals surface area contributed by atoms with Gasteiger partial charge in [-0.2, -0.15) is 0 Å². The van der Waals surface area contributed by atoms with Crippen molar-refractivity contribution in [2.24, 2.45) is 0 Å². The van der Waals surface area contributed by atoms with Gasteiger partial charge in [-0.15, -0.1) is 0 Å². The molecular formula is C14H12O3. The number of carbonyl (C=O) groups excluding carboxylic acids is 1. The Kier molecular flexibility index (Phi) is 3.40. The van der Waals surface area contributed by atoms with Crippen LogP contribution >= 0.6 is 0 Å². The Morgan fingerprint density at radius 2 is 1.82 bits per heavy atom. The molecule has 0 spiro atoms. The molecule has 0 aliphatic rings. The average Bonchev–Trinajstić information content (AvgIpc) is 2.89. The number of benzene rings is 1. The first-order valence-electron chi connectivity index (χ1n) is 5.18. The molecule has 3 nitrogen and oxygen atoms in total. The van der Waals surface area contributed by atoms with Crippen molar-refractivity contribution >= 4 is 18.1 Å². The minimum Gasteiger partial charge on any atom is -0.472 e. The van der Waals surface area contributed by atoms with Gasteiger partial charge in [-0.05, 0) is 23.8 Å². The highest BCUT2D eigenvalue weighted by Crippen LogP contribution is 2.10. The summed E-state index contributed by atoms with van der Waals surface area (Å²) in [6.45, 7) is 0. The van der Waals surface area contributed by atoms with E-state index < -0.39 is 0 Å². The Morgan fingerprint density at radius 3 is 2.41 bits per heavy atom. The Hall–Kier alpha value is -2.29. The second kappa shape index (κ2) is 5.16. The third-order valence-electron chi connectivity index (χ3n) is 2.34. The lowest BCUT2D eigenvalue weighted by molar-refractivity contribution is 0.0601. The Morgan fingerprint density at radius 1 is 1.12 bits per heavy atom. The van der Waals surface area contributed by atoms with Gasteiger partial charge in [-0.25, -0.2) is 4.79 Å². The van der Waals surface area contributed by atoms with Crippen LogP contribution in [0.4, 0.5) is 0 Å². The molecule has 2 aromatic rings. The van der Waals surface area contributed by atoms with Gasteiger partial charge < -0.3 is 9.15 Å². The van der Waals surface area contributed by atoms with E-state index in [9.17, 15) is 4.79 Å². The zero-order valence-electron chi connectivity index (χ0n) is 9.42. The molecule has 17 heavy (non-hydrogen) atoms. The molecule has 3 heteroatoms. The van der Waals surface area contributed by atoms with Gasteiger partial charge in [-0.3, -0.25) is 0 Å². The molecule has 0 saturated heterocycles. The summed E-state index contributed by atoms with van der Waals surface area (Å²) in [4.78, 5) is 11.2. The number of hydrogen-bond donors (Lipinski definition) is 0. The van der Waals surface area contributed by atoms with Gasteiger partial charge in [0.15, 0.2) is 0 Å². The van der Waals surface area contributed by atoms with E-state index in [-0.39, 0.29) is 5.97 Å². The fourth-order valence-electron chi connectivity index (χ4n) is 1.41. The maximum atomic E-state index is 11.2. The SMILES string of the molecule is COC(=O)c1ccc(/C=C/c2ccoc2)cc1. The van der Waals surface area contributed by atoms with Crippen LogP contribution in [0.25, 0.3) is 12.2 Å². The zero-order chi connectivity index (χ0) is 12.1. The molecule has 2 rings (SSSR count). The summed E-state index contributed by atoms with van der Waals surface area (Å²) in [5.41, 5.74) is 2.56. The molecule has 0 aliphatic carbocycles. The summed E-state index contributed by atoms with van der Waals surface area (Å²) in [6, 6.07) is 9.08. The van der Waals surface area contributed by atoms with Crippen molar-refractivity contribution in [3.8, 4) is 0 Å². The summed E-state index contributed by atoms with van der Waals surface area (Å²) in [7, 11) is 1.37. The highest BCUT2D eigenvalue weighted by atomic mass is 16.5. The summed E-state index contributed by atoms with van der Waals surface area (Å²) in [5, 5.41) is 0. The van der Waals surface area contributed by atoms with E-state index in [1.165, 1.54) is 7.11 Å². The quantitative estimate of drug-likeness (QED) is 0.757. The Labute approximate surface area is 99.3 Å². The van der Waals surface area contributed by atoms with Crippen LogP contribution in [-0.4, -0.2) is 13.1 Å². The minimum absolute atomic E-state index is 0.324. The number of hydrogen-bond acceptors (Lipinski definition) is 3. The van der Waals surface area contributed by atoms with Crippen molar-refractivity contribution in [1.82, 2.24) is 0 Å². The molecule has 0 amide bonds. The molecule has 0 atom stereocenters. The molecule has 0 radical (unpaired) electrons. The average molecular weight is 228 g/mol. The highest BCUT2D eigenvalue weighted by Gasteiger charge is 2.02. The van der Waals surface area contributed by atoms with Crippen LogP contribution in [-0.2, 0) is 4.74 Å². The third-order valence-corrected chi connectivity index (χ3v) is 2.34. The van der Waals surface area contributed by atoms with E-state index in [2.05, 4.69) is 4.74 Å². The summed E-state index contributed by atoms with van der Waals surface area (Å²) >= 11 is 0. The number of furan rings is 1. The maximum Gasteiger partial charge on any atom is 0.337 e. The van der Waals surface area contributed by atoms with Gasteiger partial charge in [0.1, 0.15) is 0 Å². The molecule has 0 saturated carbocycles. The van der Waals surface area contributed by atoms with E-state index in [0.29, 0.717) is 5.56 Å². The summed E-state index contributed by atoms with van der Waals surface area (Å²) < 4.78 is 9.58. The van der Waals surface area contributed by atoms with Gasteiger partial charge in [0.25, 0.3) is 0 Å². The molecule has 0 bridgehead atoms. The topological polar surface area (TPSA) is 39.4 Å². The molecule has 0 fully saturated rings. The van der Waals surface area contributed by atoms with Gasteiger partial charge >= 0.3 is 5.97 Å². The van der Waals surface area contributed by atoms with Crippen LogP contribution in [0.3, 0.4) is 0 Å². The molecular weight excluding hydrogens is 216 g/mol. The van der Waals surface area contributed by atoms with Crippen molar-refractivity contribution in [3.05, 3.63) is 59.5 Å². The number of carbonyl (C=O) groups is 1. The predicted octanol–water partition coefficient (Wildman–Crippen LogP) is 3.24.